The van der Waals surface area contributed by atoms with Gasteiger partial charge in [0, 0.05) is 5.03 Å². The normalized spacial score (nSPS) is 15.4. The van der Waals surface area contributed by atoms with Crippen LogP contribution in [0.1, 0.15) is 63.0 Å². The summed E-state index contributed by atoms with van der Waals surface area (Å²) in [5.74, 6) is 0. The molecule has 0 nitrogen and oxygen atoms in total. The van der Waals surface area contributed by atoms with Gasteiger partial charge in [0.05, 0.1) is 0 Å². The number of benzene rings is 1. The van der Waals surface area contributed by atoms with Gasteiger partial charge < -0.3 is 0 Å². The van der Waals surface area contributed by atoms with Gasteiger partial charge in [-0.05, 0) is 48.8 Å². The van der Waals surface area contributed by atoms with Gasteiger partial charge in [-0.15, -0.1) is 0 Å². The van der Waals surface area contributed by atoms with Gasteiger partial charge in [-0.25, -0.2) is 0 Å². The molecule has 0 fully saturated rings. The molecule has 1 aliphatic rings. The van der Waals surface area contributed by atoms with E-state index in [2.05, 4.69) is 31.2 Å². The van der Waals surface area contributed by atoms with E-state index < -0.39 is 0 Å². The van der Waals surface area contributed by atoms with E-state index in [1.807, 2.05) is 0 Å². The Balaban J connectivity index is 1.91. The van der Waals surface area contributed by atoms with Gasteiger partial charge >= 0.3 is 0 Å². The quantitative estimate of drug-likeness (QED) is 0.556. The van der Waals surface area contributed by atoms with E-state index in [0.29, 0.717) is 0 Å². The fourth-order valence-corrected chi connectivity index (χ4v) is 2.97. The first kappa shape index (κ1) is 13.7. The monoisotopic (exact) mass is 262 g/mol. The summed E-state index contributed by atoms with van der Waals surface area (Å²) in [6.45, 7) is 2.26. The van der Waals surface area contributed by atoms with E-state index in [-0.39, 0.29) is 0 Å². The molecule has 0 bridgehead atoms. The van der Waals surface area contributed by atoms with Crippen molar-refractivity contribution in [2.45, 2.75) is 58.3 Å². The molecule has 0 atom stereocenters. The Bertz CT molecular complexity index is 400. The van der Waals surface area contributed by atoms with Crippen LogP contribution in [0.25, 0.3) is 5.57 Å². The minimum Gasteiger partial charge on any atom is -0.0888 e. The Morgan fingerprint density at radius 1 is 1.00 bits per heavy atom. The van der Waals surface area contributed by atoms with E-state index >= 15 is 0 Å². The molecule has 0 heterocycles. The fraction of sp³-hybridized carbons (Fsp3) is 0.529. The Kier molecular flexibility index (Phi) is 5.31. The number of hydrogen-bond acceptors (Lipinski definition) is 0. The molecule has 98 valence electrons. The molecule has 0 aliphatic heterocycles. The molecule has 0 amide bonds. The summed E-state index contributed by atoms with van der Waals surface area (Å²) in [6, 6.07) is 9.05. The first-order chi connectivity index (χ1) is 8.81. The van der Waals surface area contributed by atoms with Crippen molar-refractivity contribution in [3.63, 3.8) is 0 Å². The second kappa shape index (κ2) is 6.99. The summed E-state index contributed by atoms with van der Waals surface area (Å²) in [5, 5.41) is 1.07. The average molecular weight is 263 g/mol. The van der Waals surface area contributed by atoms with E-state index in [9.17, 15) is 0 Å². The molecule has 1 heteroatoms. The van der Waals surface area contributed by atoms with Crippen LogP contribution in [0.15, 0.2) is 29.3 Å². The van der Waals surface area contributed by atoms with Gasteiger partial charge in [0.25, 0.3) is 0 Å². The predicted molar refractivity (Wildman–Crippen MR) is 80.9 cm³/mol. The molecule has 2 rings (SSSR count). The number of aryl methyl sites for hydroxylation is 1. The Hall–Kier alpha value is -0.750. The van der Waals surface area contributed by atoms with Crippen LogP contribution < -0.4 is 0 Å². The second-order valence-corrected chi connectivity index (χ2v) is 5.70. The van der Waals surface area contributed by atoms with Crippen molar-refractivity contribution in [3.05, 3.63) is 40.4 Å². The third kappa shape index (κ3) is 3.62. The van der Waals surface area contributed by atoms with Crippen LogP contribution in [0, 0.1) is 0 Å². The Morgan fingerprint density at radius 3 is 2.39 bits per heavy atom. The highest BCUT2D eigenvalue weighted by atomic mass is 35.5. The lowest BCUT2D eigenvalue weighted by Crippen LogP contribution is -1.88. The smallest absolute Gasteiger partial charge is 0.0219 e. The van der Waals surface area contributed by atoms with Crippen molar-refractivity contribution in [2.24, 2.45) is 0 Å². The van der Waals surface area contributed by atoms with Gasteiger partial charge in [-0.3, -0.25) is 0 Å². The lowest BCUT2D eigenvalue weighted by molar-refractivity contribution is 0.667. The number of rotatable bonds is 6. The standard InChI is InChI=1S/C17H23Cl/c1-2-3-4-5-7-14-10-12-15(13-11-14)16-8-6-9-17(16)18/h10-13H,2-9H2,1H3. The van der Waals surface area contributed by atoms with Gasteiger partial charge in [-0.2, -0.15) is 0 Å². The highest BCUT2D eigenvalue weighted by Crippen LogP contribution is 2.35. The maximum absolute atomic E-state index is 6.25. The number of unbranched alkanes of at least 4 members (excludes halogenated alkanes) is 3. The van der Waals surface area contributed by atoms with E-state index in [4.69, 9.17) is 11.6 Å². The van der Waals surface area contributed by atoms with Crippen molar-refractivity contribution >= 4 is 17.2 Å². The zero-order valence-corrected chi connectivity index (χ0v) is 12.1. The van der Waals surface area contributed by atoms with Crippen molar-refractivity contribution in [1.82, 2.24) is 0 Å². The molecule has 1 aromatic carbocycles. The van der Waals surface area contributed by atoms with Crippen molar-refractivity contribution in [2.75, 3.05) is 0 Å². The Morgan fingerprint density at radius 2 is 1.78 bits per heavy atom. The summed E-state index contributed by atoms with van der Waals surface area (Å²) in [4.78, 5) is 0. The SMILES string of the molecule is CCCCCCc1ccc(C2=C(Cl)CCC2)cc1. The van der Waals surface area contributed by atoms with Crippen LogP contribution in [-0.2, 0) is 6.42 Å². The van der Waals surface area contributed by atoms with Crippen molar-refractivity contribution in [3.8, 4) is 0 Å². The fourth-order valence-electron chi connectivity index (χ4n) is 2.64. The van der Waals surface area contributed by atoms with Crippen molar-refractivity contribution in [1.29, 1.82) is 0 Å². The molecule has 0 saturated carbocycles. The molecular weight excluding hydrogens is 240 g/mol. The maximum Gasteiger partial charge on any atom is 0.0219 e. The van der Waals surface area contributed by atoms with Gasteiger partial charge in [0.15, 0.2) is 0 Å². The molecule has 18 heavy (non-hydrogen) atoms. The lowest BCUT2D eigenvalue weighted by Gasteiger charge is -2.06. The summed E-state index contributed by atoms with van der Waals surface area (Å²) in [6.07, 6.45) is 9.99. The minimum atomic E-state index is 1.07. The van der Waals surface area contributed by atoms with E-state index in [1.54, 1.807) is 0 Å². The molecule has 0 unspecified atom stereocenters. The third-order valence-electron chi connectivity index (χ3n) is 3.77. The average Bonchev–Trinajstić information content (AvgIpc) is 2.82. The summed E-state index contributed by atoms with van der Waals surface area (Å²) < 4.78 is 0. The molecule has 1 aliphatic carbocycles. The summed E-state index contributed by atoms with van der Waals surface area (Å²) in [5.41, 5.74) is 4.16. The van der Waals surface area contributed by atoms with Crippen LogP contribution in [0.4, 0.5) is 0 Å². The number of allylic oxidation sites excluding steroid dienone is 2. The first-order valence-corrected chi connectivity index (χ1v) is 7.66. The van der Waals surface area contributed by atoms with Gasteiger partial charge in [-0.1, -0.05) is 62.1 Å². The third-order valence-corrected chi connectivity index (χ3v) is 4.19. The van der Waals surface area contributed by atoms with E-state index in [0.717, 1.165) is 17.9 Å². The van der Waals surface area contributed by atoms with Crippen LogP contribution in [-0.4, -0.2) is 0 Å². The van der Waals surface area contributed by atoms with Crippen LogP contribution >= 0.6 is 11.6 Å². The number of halogens is 1. The predicted octanol–water partition coefficient (Wildman–Crippen LogP) is 5.94. The summed E-state index contributed by atoms with van der Waals surface area (Å²) in [7, 11) is 0. The molecule has 0 spiro atoms. The van der Waals surface area contributed by atoms with Crippen LogP contribution in [0.5, 0.6) is 0 Å². The molecule has 0 aromatic heterocycles. The van der Waals surface area contributed by atoms with Gasteiger partial charge in [0.2, 0.25) is 0 Å². The zero-order chi connectivity index (χ0) is 12.8. The molecule has 0 N–H and O–H groups in total. The second-order valence-electron chi connectivity index (χ2n) is 5.24. The topological polar surface area (TPSA) is 0 Å². The van der Waals surface area contributed by atoms with Crippen LogP contribution in [0.3, 0.4) is 0 Å². The largest absolute Gasteiger partial charge is 0.0888 e. The highest BCUT2D eigenvalue weighted by Gasteiger charge is 2.13. The van der Waals surface area contributed by atoms with E-state index in [1.165, 1.54) is 55.2 Å². The van der Waals surface area contributed by atoms with Crippen LogP contribution in [0.2, 0.25) is 0 Å². The summed E-state index contributed by atoms with van der Waals surface area (Å²) >= 11 is 6.25. The van der Waals surface area contributed by atoms with Gasteiger partial charge in [0.1, 0.15) is 0 Å². The van der Waals surface area contributed by atoms with Crippen molar-refractivity contribution < 1.29 is 0 Å². The lowest BCUT2D eigenvalue weighted by atomic mass is 10.0. The maximum atomic E-state index is 6.25. The zero-order valence-electron chi connectivity index (χ0n) is 11.3. The Labute approximate surface area is 116 Å². The molecule has 1 aromatic rings. The molecule has 0 radical (unpaired) electrons. The first-order valence-electron chi connectivity index (χ1n) is 7.28. The number of hydrogen-bond donors (Lipinski definition) is 0. The molecular formula is C17H23Cl. The highest BCUT2D eigenvalue weighted by molar-refractivity contribution is 6.33. The minimum absolute atomic E-state index is 1.07. The molecule has 0 saturated heterocycles.